The quantitative estimate of drug-likeness (QED) is 0.794. The van der Waals surface area contributed by atoms with Crippen LogP contribution in [0, 0.1) is 5.82 Å². The average Bonchev–Trinajstić information content (AvgIpc) is 3.07. The first-order chi connectivity index (χ1) is 10.7. The number of hydrogen-bond acceptors (Lipinski definition) is 3. The highest BCUT2D eigenvalue weighted by atomic mass is 32.1. The smallest absolute Gasteiger partial charge is 0.251 e. The Morgan fingerprint density at radius 1 is 1.18 bits per heavy atom. The van der Waals surface area contributed by atoms with Crippen LogP contribution in [0.15, 0.2) is 60.1 Å². The number of carbonyl (C=O) groups excluding carboxylic acids is 1. The summed E-state index contributed by atoms with van der Waals surface area (Å²) in [7, 11) is 0. The molecule has 110 valence electrons. The van der Waals surface area contributed by atoms with Crippen LogP contribution in [0.25, 0.3) is 10.6 Å². The number of benzene rings is 1. The lowest BCUT2D eigenvalue weighted by Crippen LogP contribution is -2.22. The molecule has 0 fully saturated rings. The molecule has 0 radical (unpaired) electrons. The molecule has 1 aromatic carbocycles. The van der Waals surface area contributed by atoms with Crippen molar-refractivity contribution in [3.05, 3.63) is 77.1 Å². The van der Waals surface area contributed by atoms with Crippen molar-refractivity contribution in [3.8, 4) is 10.6 Å². The van der Waals surface area contributed by atoms with Gasteiger partial charge in [0.05, 0.1) is 10.6 Å². The minimum absolute atomic E-state index is 0.297. The molecule has 3 aromatic rings. The van der Waals surface area contributed by atoms with Gasteiger partial charge >= 0.3 is 0 Å². The van der Waals surface area contributed by atoms with Gasteiger partial charge in [-0.25, -0.2) is 4.39 Å². The fourth-order valence-electron chi connectivity index (χ4n) is 2.06. The third kappa shape index (κ3) is 3.38. The molecular weight excluding hydrogens is 299 g/mol. The van der Waals surface area contributed by atoms with Crippen LogP contribution in [-0.2, 0) is 6.54 Å². The minimum atomic E-state index is -0.420. The lowest BCUT2D eigenvalue weighted by Gasteiger charge is -2.06. The summed E-state index contributed by atoms with van der Waals surface area (Å²) in [5, 5.41) is 4.78. The molecule has 1 amide bonds. The third-order valence-electron chi connectivity index (χ3n) is 3.14. The fraction of sp³-hybridized carbons (Fsp3) is 0.0588. The van der Waals surface area contributed by atoms with E-state index >= 15 is 0 Å². The van der Waals surface area contributed by atoms with Gasteiger partial charge in [0, 0.05) is 18.3 Å². The molecule has 2 aromatic heterocycles. The number of aromatic nitrogens is 1. The summed E-state index contributed by atoms with van der Waals surface area (Å²) in [6.45, 7) is 0.371. The molecule has 0 unspecified atom stereocenters. The Kier molecular flexibility index (Phi) is 4.25. The van der Waals surface area contributed by atoms with Gasteiger partial charge in [-0.05, 0) is 47.3 Å². The minimum Gasteiger partial charge on any atom is -0.348 e. The topological polar surface area (TPSA) is 42.0 Å². The molecule has 22 heavy (non-hydrogen) atoms. The van der Waals surface area contributed by atoms with E-state index in [1.807, 2.05) is 29.6 Å². The summed E-state index contributed by atoms with van der Waals surface area (Å²) < 4.78 is 13.1. The van der Waals surface area contributed by atoms with Crippen LogP contribution in [0.1, 0.15) is 15.9 Å². The molecule has 0 aliphatic rings. The number of carbonyl (C=O) groups is 1. The molecule has 0 atom stereocenters. The maximum absolute atomic E-state index is 13.1. The first-order valence-corrected chi connectivity index (χ1v) is 7.63. The maximum atomic E-state index is 13.1. The number of pyridine rings is 1. The predicted molar refractivity (Wildman–Crippen MR) is 85.1 cm³/mol. The second kappa shape index (κ2) is 6.49. The van der Waals surface area contributed by atoms with Gasteiger partial charge in [0.15, 0.2) is 0 Å². The zero-order chi connectivity index (χ0) is 15.4. The van der Waals surface area contributed by atoms with Crippen LogP contribution in [0.4, 0.5) is 4.39 Å². The summed E-state index contributed by atoms with van der Waals surface area (Å²) >= 11 is 1.62. The van der Waals surface area contributed by atoms with Crippen LogP contribution in [0.2, 0.25) is 0 Å². The average molecular weight is 312 g/mol. The van der Waals surface area contributed by atoms with Crippen molar-refractivity contribution in [2.75, 3.05) is 0 Å². The summed E-state index contributed by atoms with van der Waals surface area (Å²) in [6.07, 6.45) is 1.72. The number of nitrogens with one attached hydrogen (secondary N) is 1. The van der Waals surface area contributed by atoms with E-state index in [0.717, 1.165) is 16.1 Å². The second-order valence-electron chi connectivity index (χ2n) is 4.72. The van der Waals surface area contributed by atoms with Crippen molar-refractivity contribution in [2.24, 2.45) is 0 Å². The van der Waals surface area contributed by atoms with Gasteiger partial charge in [0.25, 0.3) is 5.91 Å². The number of thiophene rings is 1. The Balaban J connectivity index is 1.69. The predicted octanol–water partition coefficient (Wildman–Crippen LogP) is 3.88. The third-order valence-corrected chi connectivity index (χ3v) is 4.03. The summed E-state index contributed by atoms with van der Waals surface area (Å²) in [4.78, 5) is 17.4. The van der Waals surface area contributed by atoms with E-state index in [0.29, 0.717) is 12.1 Å². The molecule has 3 rings (SSSR count). The fourth-order valence-corrected chi connectivity index (χ4v) is 2.75. The Morgan fingerprint density at radius 2 is 2.09 bits per heavy atom. The highest BCUT2D eigenvalue weighted by Gasteiger charge is 2.07. The first-order valence-electron chi connectivity index (χ1n) is 6.75. The largest absolute Gasteiger partial charge is 0.348 e. The summed E-state index contributed by atoms with van der Waals surface area (Å²) in [5.74, 6) is -0.717. The van der Waals surface area contributed by atoms with Crippen LogP contribution in [0.5, 0.6) is 0 Å². The zero-order valence-electron chi connectivity index (χ0n) is 11.6. The van der Waals surface area contributed by atoms with Crippen molar-refractivity contribution in [3.63, 3.8) is 0 Å². The van der Waals surface area contributed by atoms with Crippen LogP contribution >= 0.6 is 11.3 Å². The van der Waals surface area contributed by atoms with Gasteiger partial charge in [-0.15, -0.1) is 11.3 Å². The monoisotopic (exact) mass is 312 g/mol. The summed E-state index contributed by atoms with van der Waals surface area (Å²) in [5.41, 5.74) is 2.14. The van der Waals surface area contributed by atoms with Gasteiger partial charge in [-0.1, -0.05) is 12.1 Å². The van der Waals surface area contributed by atoms with E-state index in [4.69, 9.17) is 0 Å². The number of amides is 1. The Labute approximate surface area is 131 Å². The Bertz CT molecular complexity index is 787. The number of rotatable bonds is 4. The standard InChI is InChI=1S/C17H13FN2OS/c18-14-4-1-3-13(10-14)17(21)20-11-12-6-7-19-15(9-12)16-5-2-8-22-16/h1-10H,11H2,(H,20,21). The number of nitrogens with zero attached hydrogens (tertiary/aromatic N) is 1. The highest BCUT2D eigenvalue weighted by Crippen LogP contribution is 2.22. The molecule has 0 saturated heterocycles. The van der Waals surface area contributed by atoms with Gasteiger partial charge in [0.1, 0.15) is 5.82 Å². The van der Waals surface area contributed by atoms with Gasteiger partial charge in [-0.2, -0.15) is 0 Å². The number of halogens is 1. The molecular formula is C17H13FN2OS. The van der Waals surface area contributed by atoms with Gasteiger partial charge in [0.2, 0.25) is 0 Å². The molecule has 0 spiro atoms. The maximum Gasteiger partial charge on any atom is 0.251 e. The van der Waals surface area contributed by atoms with Crippen LogP contribution in [0.3, 0.4) is 0 Å². The lowest BCUT2D eigenvalue weighted by atomic mass is 10.2. The van der Waals surface area contributed by atoms with Crippen molar-refractivity contribution >= 4 is 17.2 Å². The summed E-state index contributed by atoms with van der Waals surface area (Å²) in [6, 6.07) is 13.4. The number of hydrogen-bond donors (Lipinski definition) is 1. The molecule has 0 aliphatic heterocycles. The normalized spacial score (nSPS) is 10.4. The van der Waals surface area contributed by atoms with Gasteiger partial charge < -0.3 is 5.32 Å². The molecule has 1 N–H and O–H groups in total. The van der Waals surface area contributed by atoms with E-state index in [2.05, 4.69) is 10.3 Å². The first kappa shape index (κ1) is 14.4. The molecule has 0 bridgehead atoms. The van der Waals surface area contributed by atoms with Crippen molar-refractivity contribution < 1.29 is 9.18 Å². The SMILES string of the molecule is O=C(NCc1ccnc(-c2cccs2)c1)c1cccc(F)c1. The Morgan fingerprint density at radius 3 is 2.86 bits per heavy atom. The molecule has 0 saturated carbocycles. The van der Waals surface area contributed by atoms with E-state index in [1.54, 1.807) is 23.6 Å². The van der Waals surface area contributed by atoms with E-state index in [1.165, 1.54) is 18.2 Å². The molecule has 2 heterocycles. The van der Waals surface area contributed by atoms with Crippen molar-refractivity contribution in [1.82, 2.24) is 10.3 Å². The van der Waals surface area contributed by atoms with Crippen LogP contribution in [-0.4, -0.2) is 10.9 Å². The second-order valence-corrected chi connectivity index (χ2v) is 5.67. The van der Waals surface area contributed by atoms with Crippen LogP contribution < -0.4 is 5.32 Å². The van der Waals surface area contributed by atoms with Crippen molar-refractivity contribution in [2.45, 2.75) is 6.54 Å². The van der Waals surface area contributed by atoms with Gasteiger partial charge in [-0.3, -0.25) is 9.78 Å². The van der Waals surface area contributed by atoms with Crippen molar-refractivity contribution in [1.29, 1.82) is 0 Å². The highest BCUT2D eigenvalue weighted by molar-refractivity contribution is 7.13. The molecule has 3 nitrogen and oxygen atoms in total. The zero-order valence-corrected chi connectivity index (χ0v) is 12.4. The molecule has 0 aliphatic carbocycles. The molecule has 5 heteroatoms. The lowest BCUT2D eigenvalue weighted by molar-refractivity contribution is 0.0950. The Hall–Kier alpha value is -2.53. The van der Waals surface area contributed by atoms with E-state index < -0.39 is 5.82 Å². The van der Waals surface area contributed by atoms with E-state index in [-0.39, 0.29) is 5.91 Å². The van der Waals surface area contributed by atoms with E-state index in [9.17, 15) is 9.18 Å².